The number of primary amides is 1. The van der Waals surface area contributed by atoms with Gasteiger partial charge in [0.2, 0.25) is 11.8 Å². The molecule has 1 heterocycles. The summed E-state index contributed by atoms with van der Waals surface area (Å²) in [6.45, 7) is 3.78. The summed E-state index contributed by atoms with van der Waals surface area (Å²) in [7, 11) is 0. The van der Waals surface area contributed by atoms with E-state index < -0.39 is 24.0 Å². The average Bonchev–Trinajstić information content (AvgIpc) is 2.39. The minimum atomic E-state index is -1.16. The van der Waals surface area contributed by atoms with Gasteiger partial charge >= 0.3 is 0 Å². The van der Waals surface area contributed by atoms with Crippen molar-refractivity contribution in [3.8, 4) is 0 Å². The molecule has 0 aliphatic rings. The number of aliphatic hydroxyl groups is 1. The van der Waals surface area contributed by atoms with Gasteiger partial charge in [0, 0.05) is 12.6 Å². The molecule has 116 valence electrons. The van der Waals surface area contributed by atoms with Crippen molar-refractivity contribution in [1.82, 2.24) is 10.3 Å². The van der Waals surface area contributed by atoms with Crippen LogP contribution in [0.4, 0.5) is 0 Å². The lowest BCUT2D eigenvalue weighted by Crippen LogP contribution is -2.49. The maximum Gasteiger partial charge on any atom is 0.249 e. The number of aromatic nitrogens is 1. The third kappa shape index (κ3) is 6.10. The lowest BCUT2D eigenvalue weighted by atomic mass is 10.0. The Morgan fingerprint density at radius 3 is 2.57 bits per heavy atom. The summed E-state index contributed by atoms with van der Waals surface area (Å²) < 4.78 is 0. The summed E-state index contributed by atoms with van der Waals surface area (Å²) in [5, 5.41) is 12.5. The molecule has 6 nitrogen and oxygen atoms in total. The predicted octanol–water partition coefficient (Wildman–Crippen LogP) is 0.655. The van der Waals surface area contributed by atoms with Gasteiger partial charge in [-0.25, -0.2) is 4.98 Å². The van der Waals surface area contributed by atoms with Gasteiger partial charge in [0.05, 0.1) is 0 Å². The summed E-state index contributed by atoms with van der Waals surface area (Å²) in [6.07, 6.45) is 0.865. The number of hydrogen-bond donors (Lipinski definition) is 3. The van der Waals surface area contributed by atoms with E-state index >= 15 is 0 Å². The summed E-state index contributed by atoms with van der Waals surface area (Å²) in [5.74, 6) is -1.11. The molecule has 0 radical (unpaired) electrons. The first-order chi connectivity index (χ1) is 9.79. The molecular formula is C14H20ClN3O3. The second-order valence-corrected chi connectivity index (χ2v) is 5.69. The highest BCUT2D eigenvalue weighted by molar-refractivity contribution is 6.29. The first kappa shape index (κ1) is 17.4. The zero-order valence-electron chi connectivity index (χ0n) is 12.0. The van der Waals surface area contributed by atoms with E-state index in [0.717, 1.165) is 0 Å². The van der Waals surface area contributed by atoms with Crippen LogP contribution in [0, 0.1) is 5.92 Å². The van der Waals surface area contributed by atoms with E-state index in [0.29, 0.717) is 17.1 Å². The highest BCUT2D eigenvalue weighted by atomic mass is 35.5. The maximum atomic E-state index is 11.8. The fraction of sp³-hybridized carbons (Fsp3) is 0.500. The largest absolute Gasteiger partial charge is 0.383 e. The van der Waals surface area contributed by atoms with Crippen molar-refractivity contribution < 1.29 is 14.7 Å². The summed E-state index contributed by atoms with van der Waals surface area (Å²) in [4.78, 5) is 27.2. The van der Waals surface area contributed by atoms with E-state index in [2.05, 4.69) is 10.3 Å². The molecular weight excluding hydrogens is 294 g/mol. The molecule has 0 aliphatic carbocycles. The van der Waals surface area contributed by atoms with Crippen LogP contribution in [0.5, 0.6) is 0 Å². The van der Waals surface area contributed by atoms with Crippen LogP contribution in [-0.4, -0.2) is 34.1 Å². The number of carbonyl (C=O) groups is 2. The van der Waals surface area contributed by atoms with Gasteiger partial charge in [-0.1, -0.05) is 31.5 Å². The van der Waals surface area contributed by atoms with Gasteiger partial charge in [-0.05, 0) is 24.0 Å². The number of nitrogens with zero attached hydrogens (tertiary/aromatic N) is 1. The normalized spacial score (nSPS) is 13.8. The number of rotatable bonds is 7. The van der Waals surface area contributed by atoms with Crippen molar-refractivity contribution in [3.63, 3.8) is 0 Å². The van der Waals surface area contributed by atoms with Crippen LogP contribution in [0.1, 0.15) is 25.8 Å². The van der Waals surface area contributed by atoms with Gasteiger partial charge in [-0.3, -0.25) is 9.59 Å². The first-order valence-corrected chi connectivity index (χ1v) is 7.05. The zero-order chi connectivity index (χ0) is 16.0. The number of halogens is 1. The second-order valence-electron chi connectivity index (χ2n) is 5.30. The fourth-order valence-electron chi connectivity index (χ4n) is 1.81. The SMILES string of the molecule is CC(C)C[C@@H](O)C(=O)N[C@H](Cc1ccc(Cl)nc1)C(N)=O. The molecule has 0 fully saturated rings. The van der Waals surface area contributed by atoms with E-state index in [1.807, 2.05) is 13.8 Å². The third-order valence-corrected chi connectivity index (χ3v) is 3.11. The van der Waals surface area contributed by atoms with E-state index in [-0.39, 0.29) is 12.3 Å². The number of hydrogen-bond acceptors (Lipinski definition) is 4. The van der Waals surface area contributed by atoms with Crippen LogP contribution in [-0.2, 0) is 16.0 Å². The highest BCUT2D eigenvalue weighted by Crippen LogP contribution is 2.09. The summed E-state index contributed by atoms with van der Waals surface area (Å²) in [5.41, 5.74) is 5.99. The molecule has 1 rings (SSSR count). The van der Waals surface area contributed by atoms with Gasteiger partial charge in [0.25, 0.3) is 0 Å². The highest BCUT2D eigenvalue weighted by Gasteiger charge is 2.23. The van der Waals surface area contributed by atoms with Crippen molar-refractivity contribution in [2.24, 2.45) is 11.7 Å². The van der Waals surface area contributed by atoms with Crippen LogP contribution in [0.15, 0.2) is 18.3 Å². The molecule has 21 heavy (non-hydrogen) atoms. The van der Waals surface area contributed by atoms with Crippen LogP contribution in [0.25, 0.3) is 0 Å². The fourth-order valence-corrected chi connectivity index (χ4v) is 1.92. The third-order valence-electron chi connectivity index (χ3n) is 2.89. The monoisotopic (exact) mass is 313 g/mol. The molecule has 1 aromatic heterocycles. The van der Waals surface area contributed by atoms with E-state index in [4.69, 9.17) is 17.3 Å². The molecule has 0 unspecified atom stereocenters. The Labute approximate surface area is 128 Å². The molecule has 0 spiro atoms. The predicted molar refractivity (Wildman–Crippen MR) is 79.5 cm³/mol. The van der Waals surface area contributed by atoms with Crippen LogP contribution < -0.4 is 11.1 Å². The molecule has 4 N–H and O–H groups in total. The summed E-state index contributed by atoms with van der Waals surface area (Å²) >= 11 is 5.68. The van der Waals surface area contributed by atoms with Crippen LogP contribution in [0.2, 0.25) is 5.15 Å². The number of pyridine rings is 1. The van der Waals surface area contributed by atoms with Gasteiger partial charge in [-0.15, -0.1) is 0 Å². The molecule has 0 aromatic carbocycles. The topological polar surface area (TPSA) is 105 Å². The van der Waals surface area contributed by atoms with Crippen LogP contribution >= 0.6 is 11.6 Å². The molecule has 2 atom stereocenters. The molecule has 0 saturated carbocycles. The van der Waals surface area contributed by atoms with Crippen molar-refractivity contribution in [1.29, 1.82) is 0 Å². The molecule has 1 aromatic rings. The number of nitrogens with two attached hydrogens (primary N) is 1. The van der Waals surface area contributed by atoms with Crippen LogP contribution in [0.3, 0.4) is 0 Å². The number of aliphatic hydroxyl groups excluding tert-OH is 1. The Bertz CT molecular complexity index is 491. The van der Waals surface area contributed by atoms with E-state index in [9.17, 15) is 14.7 Å². The molecule has 0 aliphatic heterocycles. The Morgan fingerprint density at radius 2 is 2.10 bits per heavy atom. The first-order valence-electron chi connectivity index (χ1n) is 6.67. The quantitative estimate of drug-likeness (QED) is 0.643. The molecule has 0 bridgehead atoms. The van der Waals surface area contributed by atoms with Gasteiger partial charge in [0.1, 0.15) is 17.3 Å². The molecule has 0 saturated heterocycles. The number of nitrogens with one attached hydrogen (secondary N) is 1. The lowest BCUT2D eigenvalue weighted by molar-refractivity contribution is -0.133. The van der Waals surface area contributed by atoms with Crippen molar-refractivity contribution >= 4 is 23.4 Å². The van der Waals surface area contributed by atoms with Gasteiger partial charge in [-0.2, -0.15) is 0 Å². The lowest BCUT2D eigenvalue weighted by Gasteiger charge is -2.19. The number of amides is 2. The Morgan fingerprint density at radius 1 is 1.43 bits per heavy atom. The average molecular weight is 314 g/mol. The van der Waals surface area contributed by atoms with Crippen molar-refractivity contribution in [3.05, 3.63) is 29.0 Å². The second kappa shape index (κ2) is 7.95. The molecule has 2 amide bonds. The Hall–Kier alpha value is -1.66. The molecule has 7 heteroatoms. The smallest absolute Gasteiger partial charge is 0.249 e. The zero-order valence-corrected chi connectivity index (χ0v) is 12.8. The summed E-state index contributed by atoms with van der Waals surface area (Å²) in [6, 6.07) is 2.38. The van der Waals surface area contributed by atoms with Crippen molar-refractivity contribution in [2.45, 2.75) is 38.8 Å². The minimum absolute atomic E-state index is 0.165. The Balaban J connectivity index is 2.67. The Kier molecular flexibility index (Phi) is 6.58. The van der Waals surface area contributed by atoms with Gasteiger partial charge < -0.3 is 16.2 Å². The maximum absolute atomic E-state index is 11.8. The van der Waals surface area contributed by atoms with Gasteiger partial charge in [0.15, 0.2) is 0 Å². The minimum Gasteiger partial charge on any atom is -0.383 e. The van der Waals surface area contributed by atoms with E-state index in [1.54, 1.807) is 12.1 Å². The van der Waals surface area contributed by atoms with E-state index in [1.165, 1.54) is 6.20 Å². The standard InChI is InChI=1S/C14H20ClN3O3/c1-8(2)5-11(19)14(21)18-10(13(16)20)6-9-3-4-12(15)17-7-9/h3-4,7-8,10-11,19H,5-6H2,1-2H3,(H2,16,20)(H,18,21)/t10-,11-/m1/s1. The van der Waals surface area contributed by atoms with Crippen molar-refractivity contribution in [2.75, 3.05) is 0 Å². The number of carbonyl (C=O) groups excluding carboxylic acids is 2.